The summed E-state index contributed by atoms with van der Waals surface area (Å²) < 4.78 is 0. The van der Waals surface area contributed by atoms with E-state index in [-0.39, 0.29) is 5.91 Å². The molecule has 1 N–H and O–H groups in total. The molecule has 20 heavy (non-hydrogen) atoms. The summed E-state index contributed by atoms with van der Waals surface area (Å²) in [5, 5.41) is 9.86. The molecule has 0 atom stereocenters. The molecule has 0 fully saturated rings. The van der Waals surface area contributed by atoms with Crippen molar-refractivity contribution in [2.75, 3.05) is 13.1 Å². The SMILES string of the molecule is CCCCc1ccc(C(=O)N(CC)CC(C)(C)O)cc1. The summed E-state index contributed by atoms with van der Waals surface area (Å²) in [6.07, 6.45) is 3.41. The highest BCUT2D eigenvalue weighted by Gasteiger charge is 2.22. The molecule has 1 rings (SSSR count). The lowest BCUT2D eigenvalue weighted by Crippen LogP contribution is -2.42. The van der Waals surface area contributed by atoms with Crippen molar-refractivity contribution in [1.82, 2.24) is 4.90 Å². The number of likely N-dealkylation sites (N-methyl/N-ethyl adjacent to an activating group) is 1. The van der Waals surface area contributed by atoms with Crippen molar-refractivity contribution in [3.05, 3.63) is 35.4 Å². The number of hydrogen-bond acceptors (Lipinski definition) is 2. The Labute approximate surface area is 122 Å². The number of carbonyl (C=O) groups is 1. The molecule has 1 aromatic carbocycles. The van der Waals surface area contributed by atoms with E-state index in [1.165, 1.54) is 18.4 Å². The molecule has 0 unspecified atom stereocenters. The standard InChI is InChI=1S/C17H27NO2/c1-5-7-8-14-9-11-15(12-10-14)16(19)18(6-2)13-17(3,4)20/h9-12,20H,5-8,13H2,1-4H3. The van der Waals surface area contributed by atoms with Gasteiger partial charge in [-0.2, -0.15) is 0 Å². The molecule has 0 aliphatic rings. The largest absolute Gasteiger partial charge is 0.389 e. The highest BCUT2D eigenvalue weighted by molar-refractivity contribution is 5.94. The molecule has 112 valence electrons. The zero-order chi connectivity index (χ0) is 15.2. The third-order valence-corrected chi connectivity index (χ3v) is 3.27. The Morgan fingerprint density at radius 1 is 1.20 bits per heavy atom. The smallest absolute Gasteiger partial charge is 0.253 e. The van der Waals surface area contributed by atoms with Crippen LogP contribution in [0.4, 0.5) is 0 Å². The van der Waals surface area contributed by atoms with Crippen LogP contribution in [-0.2, 0) is 6.42 Å². The van der Waals surface area contributed by atoms with E-state index in [0.29, 0.717) is 18.7 Å². The van der Waals surface area contributed by atoms with Crippen LogP contribution < -0.4 is 0 Å². The highest BCUT2D eigenvalue weighted by atomic mass is 16.3. The van der Waals surface area contributed by atoms with E-state index in [2.05, 4.69) is 6.92 Å². The Morgan fingerprint density at radius 3 is 2.25 bits per heavy atom. The second kappa shape index (κ2) is 7.44. The molecule has 0 aromatic heterocycles. The van der Waals surface area contributed by atoms with Gasteiger partial charge in [0, 0.05) is 18.7 Å². The Bertz CT molecular complexity index is 418. The second-order valence-electron chi connectivity index (χ2n) is 5.93. The zero-order valence-electron chi connectivity index (χ0n) is 13.1. The molecule has 0 bridgehead atoms. The molecule has 0 saturated carbocycles. The predicted octanol–water partition coefficient (Wildman–Crippen LogP) is 3.26. The lowest BCUT2D eigenvalue weighted by molar-refractivity contribution is 0.0314. The van der Waals surface area contributed by atoms with Gasteiger partial charge in [-0.3, -0.25) is 4.79 Å². The van der Waals surface area contributed by atoms with Gasteiger partial charge < -0.3 is 10.0 Å². The lowest BCUT2D eigenvalue weighted by atomic mass is 10.0. The molecule has 0 spiro atoms. The Kier molecular flexibility index (Phi) is 6.21. The topological polar surface area (TPSA) is 40.5 Å². The first-order valence-corrected chi connectivity index (χ1v) is 7.48. The molecular formula is C17H27NO2. The first kappa shape index (κ1) is 16.7. The van der Waals surface area contributed by atoms with E-state index in [1.54, 1.807) is 18.7 Å². The molecule has 3 nitrogen and oxygen atoms in total. The average molecular weight is 277 g/mol. The van der Waals surface area contributed by atoms with E-state index in [4.69, 9.17) is 0 Å². The summed E-state index contributed by atoms with van der Waals surface area (Å²) in [5.74, 6) is -0.0170. The fraction of sp³-hybridized carbons (Fsp3) is 0.588. The molecule has 0 saturated heterocycles. The average Bonchev–Trinajstić information content (AvgIpc) is 2.41. The zero-order valence-corrected chi connectivity index (χ0v) is 13.1. The van der Waals surface area contributed by atoms with Gasteiger partial charge in [0.2, 0.25) is 0 Å². The van der Waals surface area contributed by atoms with E-state index < -0.39 is 5.60 Å². The maximum atomic E-state index is 12.4. The molecule has 3 heteroatoms. The van der Waals surface area contributed by atoms with Crippen molar-refractivity contribution in [2.45, 2.75) is 52.6 Å². The van der Waals surface area contributed by atoms with Crippen molar-refractivity contribution < 1.29 is 9.90 Å². The van der Waals surface area contributed by atoms with Gasteiger partial charge in [-0.1, -0.05) is 25.5 Å². The van der Waals surface area contributed by atoms with Gasteiger partial charge in [-0.15, -0.1) is 0 Å². The first-order chi connectivity index (χ1) is 9.37. The van der Waals surface area contributed by atoms with E-state index in [9.17, 15) is 9.90 Å². The molecule has 0 radical (unpaired) electrons. The third kappa shape index (κ3) is 5.33. The number of carbonyl (C=O) groups excluding carboxylic acids is 1. The normalized spacial score (nSPS) is 11.4. The minimum Gasteiger partial charge on any atom is -0.389 e. The summed E-state index contributed by atoms with van der Waals surface area (Å²) in [4.78, 5) is 14.1. The van der Waals surface area contributed by atoms with Crippen LogP contribution in [0, 0.1) is 0 Å². The predicted molar refractivity (Wildman–Crippen MR) is 82.9 cm³/mol. The number of aliphatic hydroxyl groups is 1. The van der Waals surface area contributed by atoms with E-state index in [1.807, 2.05) is 31.2 Å². The summed E-state index contributed by atoms with van der Waals surface area (Å²) in [7, 11) is 0. The van der Waals surface area contributed by atoms with E-state index in [0.717, 1.165) is 6.42 Å². The molecule has 0 heterocycles. The minimum atomic E-state index is -0.868. The van der Waals surface area contributed by atoms with Crippen LogP contribution in [-0.4, -0.2) is 34.6 Å². The molecule has 1 amide bonds. The van der Waals surface area contributed by atoms with Crippen molar-refractivity contribution >= 4 is 5.91 Å². The Hall–Kier alpha value is -1.35. The summed E-state index contributed by atoms with van der Waals surface area (Å²) in [5.41, 5.74) is 1.09. The number of unbranched alkanes of at least 4 members (excludes halogenated alkanes) is 1. The molecule has 0 aliphatic heterocycles. The summed E-state index contributed by atoms with van der Waals surface area (Å²) >= 11 is 0. The van der Waals surface area contributed by atoms with Crippen molar-refractivity contribution in [3.8, 4) is 0 Å². The quantitative estimate of drug-likeness (QED) is 0.831. The van der Waals surface area contributed by atoms with Crippen LogP contribution in [0.15, 0.2) is 24.3 Å². The third-order valence-electron chi connectivity index (χ3n) is 3.27. The van der Waals surface area contributed by atoms with Gasteiger partial charge in [0.25, 0.3) is 5.91 Å². The summed E-state index contributed by atoms with van der Waals surface area (Å²) in [6.45, 7) is 8.49. The fourth-order valence-corrected chi connectivity index (χ4v) is 2.17. The van der Waals surface area contributed by atoms with Crippen LogP contribution in [0.1, 0.15) is 56.5 Å². The van der Waals surface area contributed by atoms with E-state index >= 15 is 0 Å². The molecule has 0 aliphatic carbocycles. The second-order valence-corrected chi connectivity index (χ2v) is 5.93. The molecular weight excluding hydrogens is 250 g/mol. The van der Waals surface area contributed by atoms with Crippen LogP contribution in [0.3, 0.4) is 0 Å². The van der Waals surface area contributed by atoms with Gasteiger partial charge in [0.1, 0.15) is 0 Å². The number of rotatable bonds is 7. The number of amides is 1. The van der Waals surface area contributed by atoms with Gasteiger partial charge in [0.15, 0.2) is 0 Å². The van der Waals surface area contributed by atoms with Crippen LogP contribution in [0.5, 0.6) is 0 Å². The minimum absolute atomic E-state index is 0.0170. The summed E-state index contributed by atoms with van der Waals surface area (Å²) in [6, 6.07) is 7.84. The fourth-order valence-electron chi connectivity index (χ4n) is 2.17. The number of aryl methyl sites for hydroxylation is 1. The van der Waals surface area contributed by atoms with Crippen molar-refractivity contribution in [2.24, 2.45) is 0 Å². The van der Waals surface area contributed by atoms with Gasteiger partial charge in [-0.05, 0) is 51.3 Å². The maximum Gasteiger partial charge on any atom is 0.253 e. The number of benzene rings is 1. The first-order valence-electron chi connectivity index (χ1n) is 7.48. The number of hydrogen-bond donors (Lipinski definition) is 1. The van der Waals surface area contributed by atoms with Gasteiger partial charge >= 0.3 is 0 Å². The van der Waals surface area contributed by atoms with Crippen LogP contribution >= 0.6 is 0 Å². The van der Waals surface area contributed by atoms with Crippen LogP contribution in [0.25, 0.3) is 0 Å². The van der Waals surface area contributed by atoms with Crippen LogP contribution in [0.2, 0.25) is 0 Å². The highest BCUT2D eigenvalue weighted by Crippen LogP contribution is 2.12. The van der Waals surface area contributed by atoms with Gasteiger partial charge in [-0.25, -0.2) is 0 Å². The molecule has 1 aromatic rings. The van der Waals surface area contributed by atoms with Crippen molar-refractivity contribution in [3.63, 3.8) is 0 Å². The Balaban J connectivity index is 2.75. The maximum absolute atomic E-state index is 12.4. The van der Waals surface area contributed by atoms with Gasteiger partial charge in [0.05, 0.1) is 5.60 Å². The van der Waals surface area contributed by atoms with Crippen molar-refractivity contribution in [1.29, 1.82) is 0 Å². The Morgan fingerprint density at radius 2 is 1.80 bits per heavy atom. The number of nitrogens with zero attached hydrogens (tertiary/aromatic N) is 1. The lowest BCUT2D eigenvalue weighted by Gasteiger charge is -2.28. The monoisotopic (exact) mass is 277 g/mol.